The number of carbonyl (C=O) groups is 1. The molecule has 34 heavy (non-hydrogen) atoms. The fraction of sp³-hybridized carbons (Fsp3) is 0.500. The summed E-state index contributed by atoms with van der Waals surface area (Å²) in [4.78, 5) is 15.2. The zero-order valence-corrected chi connectivity index (χ0v) is 21.2. The van der Waals surface area contributed by atoms with Gasteiger partial charge in [0.05, 0.1) is 6.61 Å². The van der Waals surface area contributed by atoms with Gasteiger partial charge in [0.25, 0.3) is 0 Å². The molecule has 2 aromatic rings. The van der Waals surface area contributed by atoms with E-state index in [0.29, 0.717) is 49.2 Å². The molecule has 0 aromatic heterocycles. The van der Waals surface area contributed by atoms with Crippen molar-refractivity contribution in [2.45, 2.75) is 43.9 Å². The van der Waals surface area contributed by atoms with Gasteiger partial charge in [-0.2, -0.15) is 4.31 Å². The summed E-state index contributed by atoms with van der Waals surface area (Å²) in [5, 5.41) is 0.350. The van der Waals surface area contributed by atoms with Gasteiger partial charge in [-0.3, -0.25) is 4.79 Å². The third kappa shape index (κ3) is 5.75. The summed E-state index contributed by atoms with van der Waals surface area (Å²) in [7, 11) is -3.75. The zero-order valence-electron chi connectivity index (χ0n) is 19.7. The summed E-state index contributed by atoms with van der Waals surface area (Å²) in [5.74, 6) is 0.968. The van der Waals surface area contributed by atoms with Gasteiger partial charge in [-0.05, 0) is 68.7 Å². The van der Waals surface area contributed by atoms with Gasteiger partial charge < -0.3 is 9.64 Å². The van der Waals surface area contributed by atoms with E-state index < -0.39 is 10.0 Å². The SMILES string of the molecule is CCOc1ccc(Cl)cc1S(=O)(=O)N1CCC(C(=O)N2CCC(Cc3ccccc3)CC2)CC1. The van der Waals surface area contributed by atoms with Crippen molar-refractivity contribution in [3.8, 4) is 5.75 Å². The molecule has 2 fully saturated rings. The molecule has 2 saturated heterocycles. The molecule has 2 aliphatic heterocycles. The van der Waals surface area contributed by atoms with Crippen molar-refractivity contribution >= 4 is 27.5 Å². The van der Waals surface area contributed by atoms with E-state index in [9.17, 15) is 13.2 Å². The highest BCUT2D eigenvalue weighted by Gasteiger charge is 2.36. The maximum absolute atomic E-state index is 13.3. The standard InChI is InChI=1S/C26H33ClN2O4S/c1-2-33-24-9-8-23(27)19-25(24)34(31,32)29-16-12-22(13-17-29)26(30)28-14-10-21(11-15-28)18-20-6-4-3-5-7-20/h3-9,19,21-22H,2,10-18H2,1H3. The summed E-state index contributed by atoms with van der Waals surface area (Å²) in [5.41, 5.74) is 1.35. The van der Waals surface area contributed by atoms with Gasteiger partial charge in [-0.15, -0.1) is 0 Å². The Morgan fingerprint density at radius 3 is 2.32 bits per heavy atom. The number of rotatable bonds is 7. The van der Waals surface area contributed by atoms with Crippen molar-refractivity contribution in [1.29, 1.82) is 0 Å². The maximum Gasteiger partial charge on any atom is 0.246 e. The Kier molecular flexibility index (Phi) is 8.17. The van der Waals surface area contributed by atoms with Gasteiger partial charge in [0.1, 0.15) is 10.6 Å². The van der Waals surface area contributed by atoms with Gasteiger partial charge in [0.2, 0.25) is 15.9 Å². The number of carbonyl (C=O) groups excluding carboxylic acids is 1. The van der Waals surface area contributed by atoms with E-state index >= 15 is 0 Å². The number of piperidine rings is 2. The number of ether oxygens (including phenoxy) is 1. The second-order valence-corrected chi connectivity index (χ2v) is 11.5. The highest BCUT2D eigenvalue weighted by Crippen LogP contribution is 2.33. The lowest BCUT2D eigenvalue weighted by molar-refractivity contribution is -0.138. The fourth-order valence-corrected chi connectivity index (χ4v) is 6.87. The Bertz CT molecular complexity index is 1080. The number of hydrogen-bond donors (Lipinski definition) is 0. The first-order chi connectivity index (χ1) is 16.4. The van der Waals surface area contributed by atoms with E-state index in [4.69, 9.17) is 16.3 Å². The van der Waals surface area contributed by atoms with E-state index in [1.807, 2.05) is 17.9 Å². The minimum atomic E-state index is -3.75. The molecule has 2 heterocycles. The molecule has 0 unspecified atom stereocenters. The molecule has 8 heteroatoms. The first kappa shape index (κ1) is 25.0. The highest BCUT2D eigenvalue weighted by atomic mass is 35.5. The molecule has 2 aromatic carbocycles. The molecule has 2 aliphatic rings. The third-order valence-corrected chi connectivity index (χ3v) is 9.07. The molecular formula is C26H33ClN2O4S. The number of amides is 1. The molecule has 0 atom stereocenters. The van der Waals surface area contributed by atoms with Gasteiger partial charge in [0, 0.05) is 37.1 Å². The minimum Gasteiger partial charge on any atom is -0.492 e. The minimum absolute atomic E-state index is 0.0899. The molecule has 6 nitrogen and oxygen atoms in total. The van der Waals surface area contributed by atoms with Crippen LogP contribution >= 0.6 is 11.6 Å². The van der Waals surface area contributed by atoms with Crippen LogP contribution in [0.15, 0.2) is 53.4 Å². The third-order valence-electron chi connectivity index (χ3n) is 6.92. The van der Waals surface area contributed by atoms with Crippen molar-refractivity contribution in [3.05, 3.63) is 59.1 Å². The summed E-state index contributed by atoms with van der Waals surface area (Å²) in [6.45, 7) is 4.39. The largest absolute Gasteiger partial charge is 0.492 e. The average Bonchev–Trinajstić information content (AvgIpc) is 2.86. The number of nitrogens with zero attached hydrogens (tertiary/aromatic N) is 2. The predicted molar refractivity (Wildman–Crippen MR) is 134 cm³/mol. The molecule has 4 rings (SSSR count). The van der Waals surface area contributed by atoms with E-state index in [2.05, 4.69) is 24.3 Å². The van der Waals surface area contributed by atoms with E-state index in [-0.39, 0.29) is 16.7 Å². The molecule has 0 bridgehead atoms. The van der Waals surface area contributed by atoms with E-state index in [0.717, 1.165) is 32.4 Å². The Morgan fingerprint density at radius 2 is 1.68 bits per heavy atom. The smallest absolute Gasteiger partial charge is 0.246 e. The summed E-state index contributed by atoms with van der Waals surface area (Å²) in [6.07, 6.45) is 4.16. The van der Waals surface area contributed by atoms with Gasteiger partial charge in [-0.1, -0.05) is 41.9 Å². The van der Waals surface area contributed by atoms with Crippen LogP contribution in [0.4, 0.5) is 0 Å². The Hall–Kier alpha value is -2.09. The number of likely N-dealkylation sites (tertiary alicyclic amines) is 1. The molecule has 184 valence electrons. The average molecular weight is 505 g/mol. The molecular weight excluding hydrogens is 472 g/mol. The first-order valence-electron chi connectivity index (χ1n) is 12.1. The van der Waals surface area contributed by atoms with Crippen LogP contribution < -0.4 is 4.74 Å². The van der Waals surface area contributed by atoms with Gasteiger partial charge in [-0.25, -0.2) is 8.42 Å². The Balaban J connectivity index is 1.32. The number of halogens is 1. The maximum atomic E-state index is 13.3. The van der Waals surface area contributed by atoms with Crippen molar-refractivity contribution < 1.29 is 17.9 Å². The van der Waals surface area contributed by atoms with Crippen LogP contribution in [0.1, 0.15) is 38.2 Å². The molecule has 0 spiro atoms. The van der Waals surface area contributed by atoms with Crippen LogP contribution in [-0.4, -0.2) is 56.3 Å². The monoisotopic (exact) mass is 504 g/mol. The topological polar surface area (TPSA) is 66.9 Å². The number of sulfonamides is 1. The molecule has 0 saturated carbocycles. The number of benzene rings is 2. The van der Waals surface area contributed by atoms with Crippen molar-refractivity contribution in [3.63, 3.8) is 0 Å². The first-order valence-corrected chi connectivity index (χ1v) is 14.0. The normalized spacial score (nSPS) is 18.7. The Labute approximate surface area is 207 Å². The van der Waals surface area contributed by atoms with Crippen LogP contribution in [0.3, 0.4) is 0 Å². The second kappa shape index (κ2) is 11.1. The molecule has 0 N–H and O–H groups in total. The van der Waals surface area contributed by atoms with Crippen LogP contribution in [0, 0.1) is 11.8 Å². The van der Waals surface area contributed by atoms with Crippen molar-refractivity contribution in [1.82, 2.24) is 9.21 Å². The summed E-state index contributed by atoms with van der Waals surface area (Å²) < 4.78 is 33.6. The van der Waals surface area contributed by atoms with Gasteiger partial charge >= 0.3 is 0 Å². The molecule has 0 radical (unpaired) electrons. The lowest BCUT2D eigenvalue weighted by atomic mass is 9.89. The fourth-order valence-electron chi connectivity index (χ4n) is 5.00. The van der Waals surface area contributed by atoms with Crippen molar-refractivity contribution in [2.75, 3.05) is 32.8 Å². The van der Waals surface area contributed by atoms with Crippen LogP contribution in [0.2, 0.25) is 5.02 Å². The van der Waals surface area contributed by atoms with Gasteiger partial charge in [0.15, 0.2) is 0 Å². The van der Waals surface area contributed by atoms with Crippen LogP contribution in [-0.2, 0) is 21.2 Å². The Morgan fingerprint density at radius 1 is 1.00 bits per heavy atom. The zero-order chi connectivity index (χ0) is 24.1. The second-order valence-electron chi connectivity index (χ2n) is 9.16. The lowest BCUT2D eigenvalue weighted by Crippen LogP contribution is -2.46. The van der Waals surface area contributed by atoms with E-state index in [1.54, 1.807) is 12.1 Å². The lowest BCUT2D eigenvalue weighted by Gasteiger charge is -2.37. The summed E-state index contributed by atoms with van der Waals surface area (Å²) in [6, 6.07) is 15.2. The van der Waals surface area contributed by atoms with Crippen molar-refractivity contribution in [2.24, 2.45) is 11.8 Å². The molecule has 1 amide bonds. The van der Waals surface area contributed by atoms with E-state index in [1.165, 1.54) is 15.9 Å². The quantitative estimate of drug-likeness (QED) is 0.551. The van der Waals surface area contributed by atoms with Crippen LogP contribution in [0.5, 0.6) is 5.75 Å². The van der Waals surface area contributed by atoms with Crippen LogP contribution in [0.25, 0.3) is 0 Å². The predicted octanol–water partition coefficient (Wildman–Crippen LogP) is 4.62. The summed E-state index contributed by atoms with van der Waals surface area (Å²) >= 11 is 6.08. The number of hydrogen-bond acceptors (Lipinski definition) is 4. The highest BCUT2D eigenvalue weighted by molar-refractivity contribution is 7.89. The molecule has 0 aliphatic carbocycles.